The van der Waals surface area contributed by atoms with E-state index >= 15 is 0 Å². The molecule has 20 heavy (non-hydrogen) atoms. The van der Waals surface area contributed by atoms with Gasteiger partial charge in [-0.05, 0) is 53.6 Å². The fourth-order valence-electron chi connectivity index (χ4n) is 1.83. The fourth-order valence-corrected chi connectivity index (χ4v) is 2.56. The van der Waals surface area contributed by atoms with Crippen molar-refractivity contribution in [3.63, 3.8) is 0 Å². The van der Waals surface area contributed by atoms with E-state index in [1.165, 1.54) is 16.8 Å². The second-order valence-electron chi connectivity index (χ2n) is 4.18. The van der Waals surface area contributed by atoms with Gasteiger partial charge in [-0.2, -0.15) is 5.10 Å². The molecule has 0 aliphatic heterocycles. The molecule has 7 heteroatoms. The lowest BCUT2D eigenvalue weighted by molar-refractivity contribution is 0.0688. The summed E-state index contributed by atoms with van der Waals surface area (Å²) < 4.78 is 15.1. The van der Waals surface area contributed by atoms with Crippen molar-refractivity contribution in [2.24, 2.45) is 0 Å². The SMILES string of the molecule is O=C(O)c1nn(-c2ccc(F)cc2I)cc1CCCO. The van der Waals surface area contributed by atoms with Crippen molar-refractivity contribution in [1.29, 1.82) is 0 Å². The van der Waals surface area contributed by atoms with E-state index in [1.807, 2.05) is 22.6 Å². The summed E-state index contributed by atoms with van der Waals surface area (Å²) in [4.78, 5) is 11.2. The molecule has 0 bridgehead atoms. The van der Waals surface area contributed by atoms with Gasteiger partial charge in [-0.3, -0.25) is 0 Å². The van der Waals surface area contributed by atoms with Crippen LogP contribution in [0.2, 0.25) is 0 Å². The number of aromatic nitrogens is 2. The number of halogens is 2. The molecule has 0 saturated carbocycles. The standard InChI is InChI=1S/C13H12FIN2O3/c14-9-3-4-11(10(15)6-9)17-7-8(2-1-5-18)12(16-17)13(19)20/h3-4,6-7,18H,1-2,5H2,(H,19,20). The van der Waals surface area contributed by atoms with Crippen LogP contribution < -0.4 is 0 Å². The minimum absolute atomic E-state index is 0.0156. The second-order valence-corrected chi connectivity index (χ2v) is 5.34. The summed E-state index contributed by atoms with van der Waals surface area (Å²) in [6.07, 6.45) is 2.50. The summed E-state index contributed by atoms with van der Waals surface area (Å²) in [7, 11) is 0. The second kappa shape index (κ2) is 6.31. The van der Waals surface area contributed by atoms with Crippen molar-refractivity contribution in [1.82, 2.24) is 9.78 Å². The molecule has 106 valence electrons. The number of hydrogen-bond donors (Lipinski definition) is 2. The van der Waals surface area contributed by atoms with Gasteiger partial charge < -0.3 is 10.2 Å². The molecule has 0 spiro atoms. The molecule has 2 rings (SSSR count). The van der Waals surface area contributed by atoms with Gasteiger partial charge in [0.25, 0.3) is 0 Å². The van der Waals surface area contributed by atoms with Gasteiger partial charge >= 0.3 is 5.97 Å². The van der Waals surface area contributed by atoms with E-state index in [0.717, 1.165) is 0 Å². The molecule has 0 radical (unpaired) electrons. The Morgan fingerprint density at radius 1 is 1.45 bits per heavy atom. The monoisotopic (exact) mass is 390 g/mol. The maximum Gasteiger partial charge on any atom is 0.356 e. The van der Waals surface area contributed by atoms with Crippen LogP contribution in [-0.2, 0) is 6.42 Å². The average Bonchev–Trinajstić information content (AvgIpc) is 2.80. The predicted octanol–water partition coefficient (Wildman–Crippen LogP) is 2.24. The summed E-state index contributed by atoms with van der Waals surface area (Å²) >= 11 is 1.97. The van der Waals surface area contributed by atoms with E-state index in [4.69, 9.17) is 10.2 Å². The Balaban J connectivity index is 2.44. The van der Waals surface area contributed by atoms with Crippen LogP contribution in [0.5, 0.6) is 0 Å². The molecule has 5 nitrogen and oxygen atoms in total. The maximum absolute atomic E-state index is 13.1. The molecule has 1 aromatic heterocycles. The molecule has 0 saturated heterocycles. The van der Waals surface area contributed by atoms with Crippen molar-refractivity contribution in [2.45, 2.75) is 12.8 Å². The largest absolute Gasteiger partial charge is 0.476 e. The Bertz CT molecular complexity index is 643. The first-order chi connectivity index (χ1) is 9.52. The zero-order valence-corrected chi connectivity index (χ0v) is 12.5. The average molecular weight is 390 g/mol. The molecule has 0 amide bonds. The fraction of sp³-hybridized carbons (Fsp3) is 0.231. The summed E-state index contributed by atoms with van der Waals surface area (Å²) in [5.41, 5.74) is 1.12. The molecular weight excluding hydrogens is 378 g/mol. The number of hydrogen-bond acceptors (Lipinski definition) is 3. The molecule has 0 unspecified atom stereocenters. The number of benzene rings is 1. The third-order valence-corrected chi connectivity index (χ3v) is 3.62. The molecule has 0 fully saturated rings. The highest BCUT2D eigenvalue weighted by molar-refractivity contribution is 14.1. The van der Waals surface area contributed by atoms with Crippen LogP contribution in [-0.4, -0.2) is 32.6 Å². The Morgan fingerprint density at radius 3 is 2.80 bits per heavy atom. The number of carboxylic acid groups (broad SMARTS) is 1. The van der Waals surface area contributed by atoms with Crippen molar-refractivity contribution in [3.05, 3.63) is 45.0 Å². The van der Waals surface area contributed by atoms with Gasteiger partial charge in [-0.15, -0.1) is 0 Å². The molecule has 0 aliphatic carbocycles. The van der Waals surface area contributed by atoms with Crippen molar-refractivity contribution in [2.75, 3.05) is 6.61 Å². The highest BCUT2D eigenvalue weighted by Crippen LogP contribution is 2.20. The zero-order valence-electron chi connectivity index (χ0n) is 10.4. The van der Waals surface area contributed by atoms with Gasteiger partial charge in [-0.25, -0.2) is 13.9 Å². The van der Waals surface area contributed by atoms with E-state index in [2.05, 4.69) is 5.10 Å². The van der Waals surface area contributed by atoms with Gasteiger partial charge in [-0.1, -0.05) is 0 Å². The molecular formula is C13H12FIN2O3. The van der Waals surface area contributed by atoms with E-state index < -0.39 is 5.97 Å². The highest BCUT2D eigenvalue weighted by atomic mass is 127. The number of carboxylic acids is 1. The Morgan fingerprint density at radius 2 is 2.20 bits per heavy atom. The first-order valence-electron chi connectivity index (χ1n) is 5.91. The van der Waals surface area contributed by atoms with Crippen LogP contribution >= 0.6 is 22.6 Å². The molecule has 1 heterocycles. The molecule has 0 aliphatic rings. The first kappa shape index (κ1) is 14.9. The van der Waals surface area contributed by atoms with E-state index in [1.54, 1.807) is 12.3 Å². The van der Waals surface area contributed by atoms with Crippen LogP contribution in [0.15, 0.2) is 24.4 Å². The third-order valence-electron chi connectivity index (χ3n) is 2.75. The smallest absolute Gasteiger partial charge is 0.356 e. The number of aromatic carboxylic acids is 1. The number of carbonyl (C=O) groups is 1. The Labute approximate surface area is 128 Å². The van der Waals surface area contributed by atoms with E-state index in [9.17, 15) is 9.18 Å². The minimum Gasteiger partial charge on any atom is -0.476 e. The lowest BCUT2D eigenvalue weighted by Crippen LogP contribution is -2.04. The van der Waals surface area contributed by atoms with Gasteiger partial charge in [0.05, 0.1) is 5.69 Å². The molecule has 2 aromatic rings. The number of rotatable bonds is 5. The summed E-state index contributed by atoms with van der Waals surface area (Å²) in [5.74, 6) is -1.47. The predicted molar refractivity (Wildman–Crippen MR) is 78.6 cm³/mol. The van der Waals surface area contributed by atoms with Crippen LogP contribution in [0.3, 0.4) is 0 Å². The Kier molecular flexibility index (Phi) is 4.71. The van der Waals surface area contributed by atoms with Crippen molar-refractivity contribution >= 4 is 28.6 Å². The Hall–Kier alpha value is -1.48. The highest BCUT2D eigenvalue weighted by Gasteiger charge is 2.17. The zero-order chi connectivity index (χ0) is 14.7. The first-order valence-corrected chi connectivity index (χ1v) is 6.99. The number of aliphatic hydroxyl groups is 1. The quantitative estimate of drug-likeness (QED) is 0.769. The van der Waals surface area contributed by atoms with Gasteiger partial charge in [0, 0.05) is 21.9 Å². The van der Waals surface area contributed by atoms with Crippen molar-refractivity contribution < 1.29 is 19.4 Å². The summed E-state index contributed by atoms with van der Waals surface area (Å²) in [5, 5.41) is 22.0. The lowest BCUT2D eigenvalue weighted by Gasteiger charge is -2.03. The number of aliphatic hydroxyl groups excluding tert-OH is 1. The third kappa shape index (κ3) is 3.15. The van der Waals surface area contributed by atoms with Crippen LogP contribution in [0, 0.1) is 9.39 Å². The molecule has 1 aromatic carbocycles. The summed E-state index contributed by atoms with van der Waals surface area (Å²) in [6, 6.07) is 4.20. The van der Waals surface area contributed by atoms with Crippen LogP contribution in [0.25, 0.3) is 5.69 Å². The van der Waals surface area contributed by atoms with Crippen LogP contribution in [0.4, 0.5) is 4.39 Å². The van der Waals surface area contributed by atoms with Crippen molar-refractivity contribution in [3.8, 4) is 5.69 Å². The van der Waals surface area contributed by atoms with Crippen LogP contribution in [0.1, 0.15) is 22.5 Å². The topological polar surface area (TPSA) is 75.3 Å². The maximum atomic E-state index is 13.1. The summed E-state index contributed by atoms with van der Waals surface area (Å²) in [6.45, 7) is -0.0156. The van der Waals surface area contributed by atoms with Gasteiger partial charge in [0.15, 0.2) is 5.69 Å². The normalized spacial score (nSPS) is 10.8. The lowest BCUT2D eigenvalue weighted by atomic mass is 10.1. The minimum atomic E-state index is -1.12. The van der Waals surface area contributed by atoms with Gasteiger partial charge in [0.1, 0.15) is 5.82 Å². The van der Waals surface area contributed by atoms with Gasteiger partial charge in [0.2, 0.25) is 0 Å². The van der Waals surface area contributed by atoms with E-state index in [0.29, 0.717) is 27.7 Å². The number of nitrogens with zero attached hydrogens (tertiary/aromatic N) is 2. The number of aryl methyl sites for hydroxylation is 1. The molecule has 2 N–H and O–H groups in total. The van der Waals surface area contributed by atoms with E-state index in [-0.39, 0.29) is 18.1 Å². The molecule has 0 atom stereocenters.